The van der Waals surface area contributed by atoms with Crippen LogP contribution in [0.4, 0.5) is 8.78 Å². The second kappa shape index (κ2) is 9.63. The van der Waals surface area contributed by atoms with Gasteiger partial charge in [0, 0.05) is 12.8 Å². The summed E-state index contributed by atoms with van der Waals surface area (Å²) in [6, 6.07) is 4.62. The zero-order valence-electron chi connectivity index (χ0n) is 17.9. The van der Waals surface area contributed by atoms with Crippen molar-refractivity contribution in [3.8, 4) is 5.75 Å². The van der Waals surface area contributed by atoms with E-state index in [9.17, 15) is 28.2 Å². The van der Waals surface area contributed by atoms with Gasteiger partial charge in [-0.1, -0.05) is 12.1 Å². The largest absolute Gasteiger partial charge is 0.547 e. The lowest BCUT2D eigenvalue weighted by Gasteiger charge is -2.29. The SMILES string of the molecule is CC(F)(F)CCC(=O)NC1Cc2cccc(C(=O)OCOC(=O)C(C)(C)C)c2OB1O. The van der Waals surface area contributed by atoms with Crippen LogP contribution in [0, 0.1) is 5.41 Å². The van der Waals surface area contributed by atoms with Crippen molar-refractivity contribution in [2.75, 3.05) is 6.79 Å². The van der Waals surface area contributed by atoms with Gasteiger partial charge >= 0.3 is 19.1 Å². The summed E-state index contributed by atoms with van der Waals surface area (Å²) in [6.45, 7) is 5.11. The highest BCUT2D eigenvalue weighted by molar-refractivity contribution is 6.47. The molecule has 0 saturated heterocycles. The summed E-state index contributed by atoms with van der Waals surface area (Å²) in [4.78, 5) is 36.0. The predicted octanol–water partition coefficient (Wildman–Crippen LogP) is 2.27. The first kappa shape index (κ1) is 24.6. The third-order valence-electron chi connectivity index (χ3n) is 4.47. The van der Waals surface area contributed by atoms with Gasteiger partial charge in [-0.15, -0.1) is 0 Å². The maximum Gasteiger partial charge on any atom is 0.547 e. The van der Waals surface area contributed by atoms with E-state index in [-0.39, 0.29) is 17.7 Å². The lowest BCUT2D eigenvalue weighted by atomic mass is 9.72. The molecule has 11 heteroatoms. The quantitative estimate of drug-likeness (QED) is 0.379. The van der Waals surface area contributed by atoms with Gasteiger partial charge in [0.15, 0.2) is 0 Å². The van der Waals surface area contributed by atoms with Crippen molar-refractivity contribution in [1.82, 2.24) is 5.32 Å². The van der Waals surface area contributed by atoms with Gasteiger partial charge in [0.25, 0.3) is 0 Å². The van der Waals surface area contributed by atoms with Crippen LogP contribution >= 0.6 is 0 Å². The monoisotopic (exact) mass is 441 g/mol. The molecule has 1 atom stereocenters. The number of fused-ring (bicyclic) bond motifs is 1. The molecule has 0 spiro atoms. The van der Waals surface area contributed by atoms with E-state index in [4.69, 9.17) is 14.1 Å². The van der Waals surface area contributed by atoms with Crippen molar-refractivity contribution in [2.45, 2.75) is 58.8 Å². The third kappa shape index (κ3) is 7.20. The Balaban J connectivity index is 2.00. The number of carbonyl (C=O) groups is 3. The molecule has 0 saturated carbocycles. The first-order valence-electron chi connectivity index (χ1n) is 9.76. The molecule has 0 aliphatic carbocycles. The fourth-order valence-corrected chi connectivity index (χ4v) is 2.75. The Morgan fingerprint density at radius 1 is 1.23 bits per heavy atom. The number of para-hydroxylation sites is 1. The number of rotatable bonds is 7. The summed E-state index contributed by atoms with van der Waals surface area (Å²) >= 11 is 0. The average molecular weight is 441 g/mol. The van der Waals surface area contributed by atoms with Crippen LogP contribution in [-0.4, -0.2) is 48.6 Å². The molecule has 0 fully saturated rings. The highest BCUT2D eigenvalue weighted by Gasteiger charge is 2.38. The average Bonchev–Trinajstić information content (AvgIpc) is 2.65. The fraction of sp³-hybridized carbons (Fsp3) is 0.550. The van der Waals surface area contributed by atoms with Gasteiger partial charge in [0.2, 0.25) is 18.6 Å². The van der Waals surface area contributed by atoms with E-state index in [0.717, 1.165) is 6.92 Å². The molecule has 0 aromatic heterocycles. The molecule has 1 amide bonds. The first-order chi connectivity index (χ1) is 14.3. The summed E-state index contributed by atoms with van der Waals surface area (Å²) in [5.74, 6) is -5.77. The van der Waals surface area contributed by atoms with Crippen molar-refractivity contribution in [1.29, 1.82) is 0 Å². The molecule has 1 aliphatic heterocycles. The zero-order chi connectivity index (χ0) is 23.4. The van der Waals surface area contributed by atoms with E-state index in [1.165, 1.54) is 6.07 Å². The van der Waals surface area contributed by atoms with Gasteiger partial charge in [-0.05, 0) is 45.7 Å². The standard InChI is InChI=1S/C20H26BF2NO7/c1-19(2,3)18(27)30-11-29-17(26)13-7-5-6-12-10-14(21(28)31-16(12)13)24-15(25)8-9-20(4,22)23/h5-7,14,28H,8-11H2,1-4H3,(H,24,25). The molecule has 0 bridgehead atoms. The van der Waals surface area contributed by atoms with Gasteiger partial charge in [-0.3, -0.25) is 9.59 Å². The van der Waals surface area contributed by atoms with Crippen molar-refractivity contribution in [3.05, 3.63) is 29.3 Å². The Labute approximate surface area is 179 Å². The molecule has 170 valence electrons. The smallest absolute Gasteiger partial charge is 0.534 e. The van der Waals surface area contributed by atoms with Crippen molar-refractivity contribution < 1.29 is 42.3 Å². The van der Waals surface area contributed by atoms with Gasteiger partial charge in [0.1, 0.15) is 11.3 Å². The number of ether oxygens (including phenoxy) is 2. The molecular weight excluding hydrogens is 415 g/mol. The van der Waals surface area contributed by atoms with Crippen LogP contribution in [0.2, 0.25) is 0 Å². The fourth-order valence-electron chi connectivity index (χ4n) is 2.75. The van der Waals surface area contributed by atoms with Gasteiger partial charge in [0.05, 0.1) is 11.4 Å². The molecule has 1 aromatic carbocycles. The van der Waals surface area contributed by atoms with Crippen LogP contribution in [0.3, 0.4) is 0 Å². The number of nitrogens with one attached hydrogen (secondary N) is 1. The predicted molar refractivity (Wildman–Crippen MR) is 106 cm³/mol. The maximum absolute atomic E-state index is 12.9. The molecule has 1 heterocycles. The number of hydrogen-bond donors (Lipinski definition) is 2. The van der Waals surface area contributed by atoms with Crippen molar-refractivity contribution >= 4 is 25.0 Å². The Morgan fingerprint density at radius 3 is 2.52 bits per heavy atom. The molecular formula is C20H26BF2NO7. The van der Waals surface area contributed by atoms with Crippen LogP contribution in [0.5, 0.6) is 5.75 Å². The van der Waals surface area contributed by atoms with Crippen LogP contribution in [0.15, 0.2) is 18.2 Å². The molecule has 2 rings (SSSR count). The molecule has 1 unspecified atom stereocenters. The summed E-state index contributed by atoms with van der Waals surface area (Å²) < 4.78 is 41.1. The van der Waals surface area contributed by atoms with Gasteiger partial charge in [-0.25, -0.2) is 13.6 Å². The molecule has 31 heavy (non-hydrogen) atoms. The maximum atomic E-state index is 12.9. The minimum atomic E-state index is -2.97. The minimum Gasteiger partial charge on any atom is -0.534 e. The number of benzene rings is 1. The normalized spacial score (nSPS) is 16.1. The van der Waals surface area contributed by atoms with E-state index < -0.39 is 61.9 Å². The number of alkyl halides is 2. The molecule has 8 nitrogen and oxygen atoms in total. The second-order valence-corrected chi connectivity index (χ2v) is 8.48. The van der Waals surface area contributed by atoms with Gasteiger partial charge < -0.3 is 24.5 Å². The number of carbonyl (C=O) groups excluding carboxylic acids is 3. The lowest BCUT2D eigenvalue weighted by Crippen LogP contribution is -2.53. The number of hydrogen-bond acceptors (Lipinski definition) is 7. The Bertz CT molecular complexity index is 836. The number of amides is 1. The summed E-state index contributed by atoms with van der Waals surface area (Å²) in [6.07, 6.45) is -0.904. The zero-order valence-corrected chi connectivity index (χ0v) is 17.9. The van der Waals surface area contributed by atoms with Crippen LogP contribution in [0.1, 0.15) is 56.5 Å². The van der Waals surface area contributed by atoms with E-state index in [2.05, 4.69) is 5.32 Å². The van der Waals surface area contributed by atoms with E-state index in [0.29, 0.717) is 5.56 Å². The van der Waals surface area contributed by atoms with E-state index in [1.807, 2.05) is 0 Å². The first-order valence-corrected chi connectivity index (χ1v) is 9.76. The number of halogens is 2. The summed E-state index contributed by atoms with van der Waals surface area (Å²) in [7, 11) is -1.49. The summed E-state index contributed by atoms with van der Waals surface area (Å²) in [5.41, 5.74) is -0.228. The number of esters is 2. The van der Waals surface area contributed by atoms with Crippen LogP contribution in [0.25, 0.3) is 0 Å². The summed E-state index contributed by atoms with van der Waals surface area (Å²) in [5, 5.41) is 12.7. The topological polar surface area (TPSA) is 111 Å². The molecule has 1 aliphatic rings. The highest BCUT2D eigenvalue weighted by Crippen LogP contribution is 2.31. The van der Waals surface area contributed by atoms with E-state index in [1.54, 1.807) is 32.9 Å². The Kier molecular flexibility index (Phi) is 7.64. The molecule has 2 N–H and O–H groups in total. The third-order valence-corrected chi connectivity index (χ3v) is 4.47. The van der Waals surface area contributed by atoms with Crippen LogP contribution < -0.4 is 9.97 Å². The minimum absolute atomic E-state index is 0.0127. The van der Waals surface area contributed by atoms with E-state index >= 15 is 0 Å². The van der Waals surface area contributed by atoms with Crippen LogP contribution in [-0.2, 0) is 25.5 Å². The Morgan fingerprint density at radius 2 is 1.90 bits per heavy atom. The second-order valence-electron chi connectivity index (χ2n) is 8.48. The van der Waals surface area contributed by atoms with Gasteiger partial charge in [-0.2, -0.15) is 0 Å². The Hall–Kier alpha value is -2.69. The molecule has 0 radical (unpaired) electrons. The van der Waals surface area contributed by atoms with Crippen molar-refractivity contribution in [3.63, 3.8) is 0 Å². The molecule has 1 aromatic rings. The van der Waals surface area contributed by atoms with Crippen molar-refractivity contribution in [2.24, 2.45) is 5.41 Å². The highest BCUT2D eigenvalue weighted by atomic mass is 19.3. The lowest BCUT2D eigenvalue weighted by molar-refractivity contribution is -0.161.